The van der Waals surface area contributed by atoms with Crippen LogP contribution in [-0.4, -0.2) is 87.5 Å². The third kappa shape index (κ3) is 25.3. The number of aliphatic carboxylic acids is 4. The number of hydrogen-bond donors (Lipinski definition) is 7. The minimum atomic E-state index is -0.984. The van der Waals surface area contributed by atoms with Gasteiger partial charge in [-0.15, -0.1) is 0 Å². The smallest absolute Gasteiger partial charge is 0.307 e. The van der Waals surface area contributed by atoms with Gasteiger partial charge in [0.05, 0.1) is 30.0 Å². The number of carboxylic acids is 4. The van der Waals surface area contributed by atoms with Gasteiger partial charge < -0.3 is 35.5 Å². The summed E-state index contributed by atoms with van der Waals surface area (Å²) in [6.45, 7) is 5.97. The summed E-state index contributed by atoms with van der Waals surface area (Å²) in [6, 6.07) is 54.2. The fraction of sp³-hybridized carbons (Fsp3) is 0.257. The van der Waals surface area contributed by atoms with Gasteiger partial charge in [-0.3, -0.25) is 38.4 Å². The van der Waals surface area contributed by atoms with Crippen LogP contribution < -0.4 is 0 Å². The summed E-state index contributed by atoms with van der Waals surface area (Å²) in [6.07, 6.45) is 7.41. The van der Waals surface area contributed by atoms with Crippen LogP contribution in [0.1, 0.15) is 87.0 Å². The Morgan fingerprint density at radius 2 is 0.758 bits per heavy atom. The number of fused-ring (bicyclic) bond motifs is 1. The van der Waals surface area contributed by atoms with E-state index in [0.29, 0.717) is 19.3 Å². The molecule has 7 aromatic carbocycles. The summed E-state index contributed by atoms with van der Waals surface area (Å²) < 4.78 is 0.935. The molecule has 0 saturated heterocycles. The first kappa shape index (κ1) is 70.2. The fourth-order valence-corrected chi connectivity index (χ4v) is 10.3. The van der Waals surface area contributed by atoms with Gasteiger partial charge in [-0.25, -0.2) is 4.98 Å². The predicted molar refractivity (Wildman–Crippen MR) is 352 cm³/mol. The summed E-state index contributed by atoms with van der Waals surface area (Å²) in [5, 5.41) is 47.7. The van der Waals surface area contributed by atoms with Crippen molar-refractivity contribution in [1.82, 2.24) is 15.0 Å². The normalized spacial score (nSPS) is 12.0. The predicted octanol–water partition coefficient (Wildman–Crippen LogP) is 13.1. The second-order valence-electron chi connectivity index (χ2n) is 22.8. The molecule has 9 aromatic rings. The molecule has 472 valence electrons. The van der Waals surface area contributed by atoms with Crippen molar-refractivity contribution in [3.05, 3.63) is 260 Å². The fourth-order valence-electron chi connectivity index (χ4n) is 10.0. The van der Waals surface area contributed by atoms with Crippen LogP contribution in [0.5, 0.6) is 5.75 Å². The number of benzene rings is 7. The van der Waals surface area contributed by atoms with Gasteiger partial charge in [-0.05, 0) is 109 Å². The minimum absolute atomic E-state index is 0.00766. The zero-order valence-corrected chi connectivity index (χ0v) is 52.7. The Kier molecular flexibility index (Phi) is 27.7. The number of para-hydroxylation sites is 1. The Bertz CT molecular complexity index is 3810. The van der Waals surface area contributed by atoms with Gasteiger partial charge in [-0.2, -0.15) is 0 Å². The number of nitrogens with one attached hydrogen (secondary N) is 2. The van der Waals surface area contributed by atoms with Gasteiger partial charge in [0.25, 0.3) is 0 Å². The lowest BCUT2D eigenvalue weighted by atomic mass is 9.92. The lowest BCUT2D eigenvalue weighted by Crippen LogP contribution is -2.21. The number of H-pyrrole nitrogens is 2. The van der Waals surface area contributed by atoms with Crippen LogP contribution >= 0.6 is 15.9 Å². The Morgan fingerprint density at radius 3 is 1.15 bits per heavy atom. The molecular weight excluding hydrogens is 1220 g/mol. The number of Topliss-reactive ketones (excluding diaryl/α,β-unsaturated/α-hetero) is 4. The maximum atomic E-state index is 12.3. The number of ketones is 4. The first-order valence-corrected chi connectivity index (χ1v) is 30.6. The van der Waals surface area contributed by atoms with Crippen molar-refractivity contribution in [1.29, 1.82) is 0 Å². The number of carboxylic acid groups (broad SMARTS) is 4. The number of rotatable bonds is 28. The van der Waals surface area contributed by atoms with E-state index in [2.05, 4.69) is 30.9 Å². The Balaban J connectivity index is 0.000000193. The van der Waals surface area contributed by atoms with Crippen LogP contribution in [-0.2, 0) is 89.7 Å². The summed E-state index contributed by atoms with van der Waals surface area (Å²) in [5.41, 5.74) is 11.4. The number of halogens is 1. The molecule has 0 aliphatic heterocycles. The molecule has 9 rings (SSSR count). The molecule has 17 heteroatoms. The average molecular weight is 1300 g/mol. The van der Waals surface area contributed by atoms with Crippen LogP contribution in [0.3, 0.4) is 0 Å². The topological polar surface area (TPSA) is 282 Å². The second kappa shape index (κ2) is 36.0. The minimum Gasteiger partial charge on any atom is -0.508 e. The van der Waals surface area contributed by atoms with Crippen LogP contribution in [0.15, 0.2) is 199 Å². The lowest BCUT2D eigenvalue weighted by Gasteiger charge is -2.12. The number of aromatic amines is 2. The third-order valence-electron chi connectivity index (χ3n) is 15.1. The molecule has 0 saturated carbocycles. The molecule has 16 nitrogen and oxygen atoms in total. The van der Waals surface area contributed by atoms with Crippen molar-refractivity contribution < 1.29 is 63.9 Å². The molecule has 2 aromatic heterocycles. The molecule has 2 heterocycles. The monoisotopic (exact) mass is 1290 g/mol. The number of hydrogen-bond acceptors (Lipinski definition) is 10. The standard InChI is InChI=1S/C21H21NO3.C19H20O3.C18H17BrO4.C16H18N2O3/c1-14-6-8-15(9-7-14)10-18(23)12-16(21(24)25)11-17-13-22-20-5-3-2-4-19(17)20;1-14-7-9-16(10-8-14)12-18(20)13-17(19(21)22)11-15-5-3-2-4-6-15;19-15-5-1-13(2-6-15)10-17(21)11-14(18(22)23)9-12-3-7-16(20)8-4-12;1-11-2-4-12(5-3-11)6-15(19)8-13(16(20)21)7-14-9-17-10-18-14/h2-9,13,16,22H,10-12H2,1H3,(H,24,25);2-10,17H,11-13H2,1H3,(H,21,22);1-8,14,20H,9-11H2,(H,22,23);2-5,9-10,13H,6-8H2,1H3,(H,17,18)(H,20,21). The molecule has 0 aliphatic rings. The highest BCUT2D eigenvalue weighted by Crippen LogP contribution is 2.24. The molecular formula is C74H76BrN3O13. The highest BCUT2D eigenvalue weighted by molar-refractivity contribution is 9.10. The largest absolute Gasteiger partial charge is 0.508 e. The zero-order chi connectivity index (χ0) is 65.8. The first-order valence-electron chi connectivity index (χ1n) is 29.8. The van der Waals surface area contributed by atoms with E-state index >= 15 is 0 Å². The number of carbonyl (C=O) groups excluding carboxylic acids is 4. The number of carbonyl (C=O) groups is 8. The van der Waals surface area contributed by atoms with Crippen molar-refractivity contribution in [2.45, 2.75) is 97.8 Å². The van der Waals surface area contributed by atoms with E-state index in [-0.39, 0.29) is 86.7 Å². The Labute approximate surface area is 537 Å². The Morgan fingerprint density at radius 1 is 0.407 bits per heavy atom. The van der Waals surface area contributed by atoms with E-state index in [9.17, 15) is 63.9 Å². The van der Waals surface area contributed by atoms with Crippen molar-refractivity contribution in [3.63, 3.8) is 0 Å². The van der Waals surface area contributed by atoms with Gasteiger partial charge in [-0.1, -0.05) is 178 Å². The van der Waals surface area contributed by atoms with E-state index in [0.717, 1.165) is 76.7 Å². The number of aromatic hydroxyl groups is 1. The lowest BCUT2D eigenvalue weighted by molar-refractivity contribution is -0.144. The van der Waals surface area contributed by atoms with Gasteiger partial charge in [0.2, 0.25) is 0 Å². The Hall–Kier alpha value is -9.87. The number of imidazole rings is 1. The molecule has 4 unspecified atom stereocenters. The van der Waals surface area contributed by atoms with Crippen LogP contribution in [0.2, 0.25) is 0 Å². The zero-order valence-electron chi connectivity index (χ0n) is 51.1. The number of aryl methyl sites for hydroxylation is 3. The summed E-state index contributed by atoms with van der Waals surface area (Å²) in [7, 11) is 0. The van der Waals surface area contributed by atoms with Gasteiger partial charge in [0.1, 0.15) is 28.9 Å². The second-order valence-corrected chi connectivity index (χ2v) is 23.7. The molecule has 0 fully saturated rings. The van der Waals surface area contributed by atoms with Crippen LogP contribution in [0, 0.1) is 44.4 Å². The van der Waals surface area contributed by atoms with E-state index in [4.69, 9.17) is 0 Å². The average Bonchev–Trinajstić information content (AvgIpc) is 2.12. The van der Waals surface area contributed by atoms with E-state index in [1.54, 1.807) is 18.3 Å². The van der Waals surface area contributed by atoms with Crippen LogP contribution in [0.4, 0.5) is 0 Å². The number of phenolic OH excluding ortho intramolecular Hbond substituents is 1. The van der Waals surface area contributed by atoms with Crippen molar-refractivity contribution >= 4 is 73.8 Å². The van der Waals surface area contributed by atoms with Crippen molar-refractivity contribution in [2.75, 3.05) is 0 Å². The molecule has 91 heavy (non-hydrogen) atoms. The van der Waals surface area contributed by atoms with E-state index in [1.165, 1.54) is 18.5 Å². The van der Waals surface area contributed by atoms with Gasteiger partial charge in [0.15, 0.2) is 0 Å². The third-order valence-corrected chi connectivity index (χ3v) is 15.6. The molecule has 0 amide bonds. The van der Waals surface area contributed by atoms with Gasteiger partial charge in [0, 0.05) is 91.3 Å². The molecule has 0 aliphatic carbocycles. The molecule has 0 radical (unpaired) electrons. The molecule has 7 N–H and O–H groups in total. The summed E-state index contributed by atoms with van der Waals surface area (Å²) in [4.78, 5) is 104. The maximum absolute atomic E-state index is 12.3. The number of aromatic nitrogens is 3. The first-order chi connectivity index (χ1) is 43.5. The van der Waals surface area contributed by atoms with Gasteiger partial charge >= 0.3 is 23.9 Å². The summed E-state index contributed by atoms with van der Waals surface area (Å²) in [5.74, 6) is -6.75. The maximum Gasteiger partial charge on any atom is 0.307 e. The highest BCUT2D eigenvalue weighted by atomic mass is 79.9. The van der Waals surface area contributed by atoms with Crippen LogP contribution in [0.25, 0.3) is 10.9 Å². The molecule has 4 atom stereocenters. The van der Waals surface area contributed by atoms with Crippen molar-refractivity contribution in [2.24, 2.45) is 23.7 Å². The van der Waals surface area contributed by atoms with E-state index in [1.807, 2.05) is 179 Å². The highest BCUT2D eigenvalue weighted by Gasteiger charge is 2.26. The molecule has 0 spiro atoms. The van der Waals surface area contributed by atoms with E-state index < -0.39 is 47.5 Å². The van der Waals surface area contributed by atoms with Crippen molar-refractivity contribution in [3.8, 4) is 5.75 Å². The summed E-state index contributed by atoms with van der Waals surface area (Å²) >= 11 is 3.33. The number of phenols is 1. The number of nitrogens with zero attached hydrogens (tertiary/aromatic N) is 1. The SMILES string of the molecule is Cc1ccc(CC(=O)CC(Cc2c[nH]c3ccccc23)C(=O)O)cc1.Cc1ccc(CC(=O)CC(Cc2ccccc2)C(=O)O)cc1.Cc1ccc(CC(=O)CC(Cc2cnc[nH]2)C(=O)O)cc1.O=C(Cc1ccc(Br)cc1)CC(Cc1ccc(O)cc1)C(=O)O. The molecule has 0 bridgehead atoms. The quantitative estimate of drug-likeness (QED) is 0.0240.